The number of ether oxygens (including phenoxy) is 3. The maximum absolute atomic E-state index is 11.8. The molecular formula is C17H21N3O5. The van der Waals surface area contributed by atoms with Crippen molar-refractivity contribution in [1.29, 1.82) is 0 Å². The van der Waals surface area contributed by atoms with Gasteiger partial charge in [-0.2, -0.15) is 5.10 Å². The molecule has 0 spiro atoms. The molecule has 1 aromatic heterocycles. The summed E-state index contributed by atoms with van der Waals surface area (Å²) < 4.78 is 17.1. The summed E-state index contributed by atoms with van der Waals surface area (Å²) >= 11 is 0. The molecular weight excluding hydrogens is 326 g/mol. The van der Waals surface area contributed by atoms with Crippen LogP contribution in [0.4, 0.5) is 0 Å². The van der Waals surface area contributed by atoms with E-state index in [4.69, 9.17) is 14.2 Å². The van der Waals surface area contributed by atoms with Gasteiger partial charge >= 0.3 is 0 Å². The van der Waals surface area contributed by atoms with Gasteiger partial charge in [0.1, 0.15) is 17.2 Å². The van der Waals surface area contributed by atoms with Crippen molar-refractivity contribution < 1.29 is 19.0 Å². The Morgan fingerprint density at radius 2 is 1.84 bits per heavy atom. The standard InChI is InChI=1S/C17H21N3O5/c1-23-13-9-14(24-2)11-15(10-13)25-12-16(21)18-6-4-8-20-17(22)5-3-7-19-20/h3,5,7,9-11H,4,6,8,12H2,1-2H3,(H,18,21). The molecule has 0 radical (unpaired) electrons. The van der Waals surface area contributed by atoms with Gasteiger partial charge in [-0.05, 0) is 12.5 Å². The van der Waals surface area contributed by atoms with Crippen molar-refractivity contribution in [3.63, 3.8) is 0 Å². The van der Waals surface area contributed by atoms with Crippen molar-refractivity contribution in [3.05, 3.63) is 46.9 Å². The molecule has 0 bridgehead atoms. The predicted molar refractivity (Wildman–Crippen MR) is 91.2 cm³/mol. The largest absolute Gasteiger partial charge is 0.496 e. The van der Waals surface area contributed by atoms with Crippen LogP contribution in [0.15, 0.2) is 41.3 Å². The number of benzene rings is 1. The zero-order valence-corrected chi connectivity index (χ0v) is 14.2. The summed E-state index contributed by atoms with van der Waals surface area (Å²) in [6, 6.07) is 8.09. The number of hydrogen-bond acceptors (Lipinski definition) is 6. The molecule has 8 nitrogen and oxygen atoms in total. The van der Waals surface area contributed by atoms with Gasteiger partial charge in [0.05, 0.1) is 14.2 Å². The van der Waals surface area contributed by atoms with Crippen LogP contribution < -0.4 is 25.1 Å². The van der Waals surface area contributed by atoms with E-state index in [2.05, 4.69) is 10.4 Å². The first-order valence-corrected chi connectivity index (χ1v) is 7.77. The highest BCUT2D eigenvalue weighted by atomic mass is 16.5. The van der Waals surface area contributed by atoms with Crippen LogP contribution in [-0.2, 0) is 11.3 Å². The summed E-state index contributed by atoms with van der Waals surface area (Å²) in [7, 11) is 3.08. The number of hydrogen-bond donors (Lipinski definition) is 1. The quantitative estimate of drug-likeness (QED) is 0.676. The van der Waals surface area contributed by atoms with E-state index in [0.29, 0.717) is 36.8 Å². The summed E-state index contributed by atoms with van der Waals surface area (Å²) in [5.74, 6) is 1.38. The number of aryl methyl sites for hydroxylation is 1. The number of methoxy groups -OCH3 is 2. The first-order valence-electron chi connectivity index (χ1n) is 7.77. The Morgan fingerprint density at radius 3 is 2.48 bits per heavy atom. The highest BCUT2D eigenvalue weighted by Gasteiger charge is 2.06. The molecule has 1 N–H and O–H groups in total. The molecule has 1 heterocycles. The van der Waals surface area contributed by atoms with Gasteiger partial charge in [-0.25, -0.2) is 4.68 Å². The van der Waals surface area contributed by atoms with E-state index in [9.17, 15) is 9.59 Å². The zero-order valence-electron chi connectivity index (χ0n) is 14.2. The third-order valence-electron chi connectivity index (χ3n) is 3.35. The Kier molecular flexibility index (Phi) is 6.82. The van der Waals surface area contributed by atoms with E-state index in [1.54, 1.807) is 30.5 Å². The molecule has 0 aliphatic heterocycles. The zero-order chi connectivity index (χ0) is 18.1. The Hall–Kier alpha value is -3.03. The fourth-order valence-corrected chi connectivity index (χ4v) is 2.08. The molecule has 0 saturated carbocycles. The second-order valence-electron chi connectivity index (χ2n) is 5.13. The van der Waals surface area contributed by atoms with Crippen molar-refractivity contribution in [2.75, 3.05) is 27.4 Å². The summed E-state index contributed by atoms with van der Waals surface area (Å²) in [5.41, 5.74) is -0.163. The average Bonchev–Trinajstić information content (AvgIpc) is 2.64. The number of carbonyl (C=O) groups is 1. The summed E-state index contributed by atoms with van der Waals surface area (Å²) in [4.78, 5) is 23.3. The third kappa shape index (κ3) is 5.83. The van der Waals surface area contributed by atoms with Crippen molar-refractivity contribution in [3.8, 4) is 17.2 Å². The van der Waals surface area contributed by atoms with E-state index >= 15 is 0 Å². The Labute approximate surface area is 145 Å². The fraction of sp³-hybridized carbons (Fsp3) is 0.353. The molecule has 1 amide bonds. The Balaban J connectivity index is 1.74. The van der Waals surface area contributed by atoms with Crippen LogP contribution in [0.5, 0.6) is 17.2 Å². The van der Waals surface area contributed by atoms with E-state index in [-0.39, 0.29) is 18.1 Å². The van der Waals surface area contributed by atoms with Gasteiger partial charge < -0.3 is 19.5 Å². The topological polar surface area (TPSA) is 91.7 Å². The molecule has 134 valence electrons. The normalized spacial score (nSPS) is 10.2. The molecule has 25 heavy (non-hydrogen) atoms. The van der Waals surface area contributed by atoms with Gasteiger partial charge in [0, 0.05) is 43.6 Å². The van der Waals surface area contributed by atoms with Crippen LogP contribution in [0.1, 0.15) is 6.42 Å². The van der Waals surface area contributed by atoms with Crippen LogP contribution in [0.2, 0.25) is 0 Å². The van der Waals surface area contributed by atoms with Crippen LogP contribution in [0.3, 0.4) is 0 Å². The van der Waals surface area contributed by atoms with Crippen LogP contribution >= 0.6 is 0 Å². The number of nitrogens with one attached hydrogen (secondary N) is 1. The lowest BCUT2D eigenvalue weighted by molar-refractivity contribution is -0.123. The lowest BCUT2D eigenvalue weighted by Gasteiger charge is -2.10. The molecule has 0 atom stereocenters. The van der Waals surface area contributed by atoms with Gasteiger partial charge in [-0.15, -0.1) is 0 Å². The van der Waals surface area contributed by atoms with Crippen molar-refractivity contribution in [2.45, 2.75) is 13.0 Å². The SMILES string of the molecule is COc1cc(OC)cc(OCC(=O)NCCCn2ncccc2=O)c1. The van der Waals surface area contributed by atoms with E-state index in [0.717, 1.165) is 0 Å². The number of carbonyl (C=O) groups excluding carboxylic acids is 1. The van der Waals surface area contributed by atoms with Gasteiger partial charge in [0.2, 0.25) is 0 Å². The molecule has 0 unspecified atom stereocenters. The number of rotatable bonds is 9. The molecule has 2 aromatic rings. The molecule has 2 rings (SSSR count). The molecule has 0 saturated heterocycles. The van der Waals surface area contributed by atoms with Crippen LogP contribution in [-0.4, -0.2) is 43.1 Å². The molecule has 0 aliphatic rings. The highest BCUT2D eigenvalue weighted by Crippen LogP contribution is 2.27. The lowest BCUT2D eigenvalue weighted by atomic mass is 10.3. The highest BCUT2D eigenvalue weighted by molar-refractivity contribution is 5.77. The van der Waals surface area contributed by atoms with E-state index < -0.39 is 0 Å². The van der Waals surface area contributed by atoms with Gasteiger partial charge in [0.25, 0.3) is 11.5 Å². The molecule has 8 heteroatoms. The first-order chi connectivity index (χ1) is 12.1. The summed E-state index contributed by atoms with van der Waals surface area (Å²) in [5, 5.41) is 6.68. The average molecular weight is 347 g/mol. The van der Waals surface area contributed by atoms with E-state index in [1.807, 2.05) is 0 Å². The predicted octanol–water partition coefficient (Wildman–Crippen LogP) is 0.846. The minimum atomic E-state index is -0.254. The second kappa shape index (κ2) is 9.31. The lowest BCUT2D eigenvalue weighted by Crippen LogP contribution is -2.31. The van der Waals surface area contributed by atoms with Crippen molar-refractivity contribution in [1.82, 2.24) is 15.1 Å². The number of nitrogens with zero attached hydrogens (tertiary/aromatic N) is 2. The monoisotopic (exact) mass is 347 g/mol. The first kappa shape index (κ1) is 18.3. The molecule has 0 aliphatic carbocycles. The maximum Gasteiger partial charge on any atom is 0.266 e. The second-order valence-corrected chi connectivity index (χ2v) is 5.13. The Bertz CT molecular complexity index is 738. The van der Waals surface area contributed by atoms with Crippen LogP contribution in [0, 0.1) is 0 Å². The van der Waals surface area contributed by atoms with E-state index in [1.165, 1.54) is 25.0 Å². The molecule has 1 aromatic carbocycles. The minimum Gasteiger partial charge on any atom is -0.496 e. The third-order valence-corrected chi connectivity index (χ3v) is 3.35. The van der Waals surface area contributed by atoms with Crippen molar-refractivity contribution in [2.24, 2.45) is 0 Å². The molecule has 0 fully saturated rings. The minimum absolute atomic E-state index is 0.125. The Morgan fingerprint density at radius 1 is 1.16 bits per heavy atom. The maximum atomic E-state index is 11.8. The number of amides is 1. The van der Waals surface area contributed by atoms with Crippen LogP contribution in [0.25, 0.3) is 0 Å². The van der Waals surface area contributed by atoms with Crippen molar-refractivity contribution >= 4 is 5.91 Å². The van der Waals surface area contributed by atoms with Gasteiger partial charge in [-0.1, -0.05) is 0 Å². The van der Waals surface area contributed by atoms with Gasteiger partial charge in [0.15, 0.2) is 6.61 Å². The summed E-state index contributed by atoms with van der Waals surface area (Å²) in [6.45, 7) is 0.736. The summed E-state index contributed by atoms with van der Waals surface area (Å²) in [6.07, 6.45) is 2.14. The smallest absolute Gasteiger partial charge is 0.266 e. The number of aromatic nitrogens is 2. The fourth-order valence-electron chi connectivity index (χ4n) is 2.08. The van der Waals surface area contributed by atoms with Gasteiger partial charge in [-0.3, -0.25) is 9.59 Å².